The van der Waals surface area contributed by atoms with Crippen molar-refractivity contribution >= 4 is 0 Å². The fraction of sp³-hybridized carbons (Fsp3) is 1.00. The lowest BCUT2D eigenvalue weighted by atomic mass is 9.88. The van der Waals surface area contributed by atoms with E-state index in [0.29, 0.717) is 17.5 Å². The summed E-state index contributed by atoms with van der Waals surface area (Å²) >= 11 is 0. The average molecular weight is 228 g/mol. The molecule has 0 aromatic carbocycles. The molecule has 2 heteroatoms. The van der Waals surface area contributed by atoms with E-state index < -0.39 is 0 Å². The van der Waals surface area contributed by atoms with Crippen molar-refractivity contribution in [1.82, 2.24) is 10.2 Å². The molecule has 0 saturated heterocycles. The Bertz CT molecular complexity index is 170. The minimum absolute atomic E-state index is 0.370. The molecule has 16 heavy (non-hydrogen) atoms. The summed E-state index contributed by atoms with van der Waals surface area (Å²) in [5.41, 5.74) is 0.370. The molecule has 0 aliphatic carbocycles. The van der Waals surface area contributed by atoms with Gasteiger partial charge in [-0.15, -0.1) is 0 Å². The Morgan fingerprint density at radius 3 is 2.06 bits per heavy atom. The lowest BCUT2D eigenvalue weighted by molar-refractivity contribution is 0.259. The molecule has 1 N–H and O–H groups in total. The van der Waals surface area contributed by atoms with Gasteiger partial charge < -0.3 is 10.2 Å². The van der Waals surface area contributed by atoms with E-state index >= 15 is 0 Å². The van der Waals surface area contributed by atoms with Crippen molar-refractivity contribution in [3.63, 3.8) is 0 Å². The molecule has 0 aromatic heterocycles. The van der Waals surface area contributed by atoms with Crippen molar-refractivity contribution in [1.29, 1.82) is 0 Å². The van der Waals surface area contributed by atoms with E-state index in [9.17, 15) is 0 Å². The summed E-state index contributed by atoms with van der Waals surface area (Å²) in [5, 5.41) is 3.61. The molecule has 1 atom stereocenters. The van der Waals surface area contributed by atoms with Gasteiger partial charge in [0.05, 0.1) is 0 Å². The molecule has 98 valence electrons. The number of hydrogen-bond donors (Lipinski definition) is 1. The summed E-state index contributed by atoms with van der Waals surface area (Å²) in [4.78, 5) is 2.41. The zero-order chi connectivity index (χ0) is 12.8. The maximum atomic E-state index is 3.61. The van der Waals surface area contributed by atoms with Crippen LogP contribution in [0.3, 0.4) is 0 Å². The lowest BCUT2D eigenvalue weighted by Crippen LogP contribution is -2.38. The smallest absolute Gasteiger partial charge is 0.00872 e. The van der Waals surface area contributed by atoms with Gasteiger partial charge in [-0.3, -0.25) is 0 Å². The highest BCUT2D eigenvalue weighted by molar-refractivity contribution is 4.75. The van der Waals surface area contributed by atoms with Crippen molar-refractivity contribution in [2.45, 2.75) is 66.5 Å². The summed E-state index contributed by atoms with van der Waals surface area (Å²) < 4.78 is 0. The number of rotatable bonds is 7. The predicted octanol–water partition coefficient (Wildman–Crippen LogP) is 3.13. The highest BCUT2D eigenvalue weighted by Crippen LogP contribution is 2.18. The van der Waals surface area contributed by atoms with E-state index in [-0.39, 0.29) is 0 Å². The van der Waals surface area contributed by atoms with Crippen molar-refractivity contribution in [2.24, 2.45) is 5.41 Å². The highest BCUT2D eigenvalue weighted by atomic mass is 15.1. The minimum Gasteiger partial charge on any atom is -0.314 e. The Hall–Kier alpha value is -0.0800. The Balaban J connectivity index is 3.48. The topological polar surface area (TPSA) is 15.3 Å². The SMILES string of the molecule is CC(C)N(C)CCCCNC(C)C(C)(C)C. The quantitative estimate of drug-likeness (QED) is 0.674. The largest absolute Gasteiger partial charge is 0.314 e. The first-order chi connectivity index (χ1) is 7.25. The first-order valence-electron chi connectivity index (χ1n) is 6.68. The van der Waals surface area contributed by atoms with Gasteiger partial charge in [0.15, 0.2) is 0 Å². The van der Waals surface area contributed by atoms with Crippen LogP contribution in [0.1, 0.15) is 54.4 Å². The fourth-order valence-electron chi connectivity index (χ4n) is 1.37. The zero-order valence-corrected chi connectivity index (χ0v) is 12.4. The third-order valence-corrected chi connectivity index (χ3v) is 3.57. The van der Waals surface area contributed by atoms with Crippen LogP contribution in [-0.2, 0) is 0 Å². The van der Waals surface area contributed by atoms with Gasteiger partial charge >= 0.3 is 0 Å². The van der Waals surface area contributed by atoms with Crippen LogP contribution in [0.5, 0.6) is 0 Å². The Labute approximate surface area is 103 Å². The summed E-state index contributed by atoms with van der Waals surface area (Å²) in [7, 11) is 2.20. The van der Waals surface area contributed by atoms with Crippen molar-refractivity contribution in [2.75, 3.05) is 20.1 Å². The molecule has 0 aliphatic heterocycles. The zero-order valence-electron chi connectivity index (χ0n) is 12.4. The molecule has 0 spiro atoms. The summed E-state index contributed by atoms with van der Waals surface area (Å²) in [6, 6.07) is 1.26. The van der Waals surface area contributed by atoms with Crippen LogP contribution >= 0.6 is 0 Å². The minimum atomic E-state index is 0.370. The van der Waals surface area contributed by atoms with Gasteiger partial charge in [0.2, 0.25) is 0 Å². The van der Waals surface area contributed by atoms with Crippen molar-refractivity contribution in [3.05, 3.63) is 0 Å². The number of nitrogens with one attached hydrogen (secondary N) is 1. The predicted molar refractivity (Wildman–Crippen MR) is 73.9 cm³/mol. The van der Waals surface area contributed by atoms with Crippen LogP contribution < -0.4 is 5.32 Å². The molecular formula is C14H32N2. The second kappa shape index (κ2) is 7.29. The Morgan fingerprint density at radius 1 is 1.06 bits per heavy atom. The van der Waals surface area contributed by atoms with E-state index in [1.165, 1.54) is 19.4 Å². The van der Waals surface area contributed by atoms with E-state index in [1.807, 2.05) is 0 Å². The monoisotopic (exact) mass is 228 g/mol. The van der Waals surface area contributed by atoms with E-state index in [4.69, 9.17) is 0 Å². The number of hydrogen-bond acceptors (Lipinski definition) is 2. The number of unbranched alkanes of at least 4 members (excludes halogenated alkanes) is 1. The summed E-state index contributed by atoms with van der Waals surface area (Å²) in [5.74, 6) is 0. The molecule has 0 aliphatic rings. The van der Waals surface area contributed by atoms with Crippen LogP contribution in [0.25, 0.3) is 0 Å². The Kier molecular flexibility index (Phi) is 7.25. The standard InChI is InChI=1S/C14H32N2/c1-12(2)16(7)11-9-8-10-15-13(3)14(4,5)6/h12-13,15H,8-11H2,1-7H3. The Morgan fingerprint density at radius 2 is 1.62 bits per heavy atom. The third-order valence-electron chi connectivity index (χ3n) is 3.57. The maximum Gasteiger partial charge on any atom is 0.00872 e. The molecule has 1 unspecified atom stereocenters. The highest BCUT2D eigenvalue weighted by Gasteiger charge is 2.18. The second-order valence-corrected chi connectivity index (χ2v) is 6.32. The molecule has 0 aromatic rings. The van der Waals surface area contributed by atoms with Gasteiger partial charge in [-0.2, -0.15) is 0 Å². The second-order valence-electron chi connectivity index (χ2n) is 6.32. The molecule has 0 rings (SSSR count). The fourth-order valence-corrected chi connectivity index (χ4v) is 1.37. The molecule has 0 amide bonds. The van der Waals surface area contributed by atoms with Gasteiger partial charge in [0.1, 0.15) is 0 Å². The van der Waals surface area contributed by atoms with Gasteiger partial charge in [0, 0.05) is 12.1 Å². The lowest BCUT2D eigenvalue weighted by Gasteiger charge is -2.28. The van der Waals surface area contributed by atoms with E-state index in [1.54, 1.807) is 0 Å². The first-order valence-corrected chi connectivity index (χ1v) is 6.68. The normalized spacial score (nSPS) is 14.8. The molecule has 0 radical (unpaired) electrons. The van der Waals surface area contributed by atoms with Crippen LogP contribution in [0.2, 0.25) is 0 Å². The van der Waals surface area contributed by atoms with E-state index in [0.717, 1.165) is 6.54 Å². The van der Waals surface area contributed by atoms with Crippen LogP contribution in [0, 0.1) is 5.41 Å². The molecule has 0 fully saturated rings. The van der Waals surface area contributed by atoms with Crippen molar-refractivity contribution < 1.29 is 0 Å². The van der Waals surface area contributed by atoms with Gasteiger partial charge in [-0.25, -0.2) is 0 Å². The number of nitrogens with zero attached hydrogens (tertiary/aromatic N) is 1. The average Bonchev–Trinajstić information content (AvgIpc) is 2.14. The molecule has 0 heterocycles. The van der Waals surface area contributed by atoms with Crippen LogP contribution in [0.4, 0.5) is 0 Å². The summed E-state index contributed by atoms with van der Waals surface area (Å²) in [6.45, 7) is 16.0. The summed E-state index contributed by atoms with van der Waals surface area (Å²) in [6.07, 6.45) is 2.57. The van der Waals surface area contributed by atoms with Gasteiger partial charge in [-0.05, 0) is 59.2 Å². The van der Waals surface area contributed by atoms with Gasteiger partial charge in [0.25, 0.3) is 0 Å². The molecule has 0 saturated carbocycles. The van der Waals surface area contributed by atoms with Crippen molar-refractivity contribution in [3.8, 4) is 0 Å². The first kappa shape index (κ1) is 15.9. The third kappa shape index (κ3) is 7.24. The molecule has 0 bridgehead atoms. The molecular weight excluding hydrogens is 196 g/mol. The van der Waals surface area contributed by atoms with Crippen LogP contribution in [0.15, 0.2) is 0 Å². The van der Waals surface area contributed by atoms with Gasteiger partial charge in [-0.1, -0.05) is 20.8 Å². The van der Waals surface area contributed by atoms with Crippen LogP contribution in [-0.4, -0.2) is 37.1 Å². The maximum absolute atomic E-state index is 3.61. The molecule has 2 nitrogen and oxygen atoms in total. The van der Waals surface area contributed by atoms with E-state index in [2.05, 4.69) is 58.8 Å².